The van der Waals surface area contributed by atoms with Gasteiger partial charge in [-0.05, 0) is 41.1 Å². The fourth-order valence-corrected chi connectivity index (χ4v) is 3.29. The third-order valence-corrected chi connectivity index (χ3v) is 4.74. The van der Waals surface area contributed by atoms with Gasteiger partial charge >= 0.3 is 11.7 Å². The largest absolute Gasteiger partial charge is 0.377 e. The fraction of sp³-hybridized carbons (Fsp3) is 0.0909. The van der Waals surface area contributed by atoms with Crippen molar-refractivity contribution in [3.8, 4) is 16.8 Å². The molecule has 0 bridgehead atoms. The molecule has 9 heteroatoms. The average Bonchev–Trinajstić information content (AvgIpc) is 3.16. The molecule has 0 atom stereocenters. The molecule has 0 saturated heterocycles. The van der Waals surface area contributed by atoms with Crippen LogP contribution in [0.15, 0.2) is 77.6 Å². The lowest BCUT2D eigenvalue weighted by molar-refractivity contribution is 0.244. The van der Waals surface area contributed by atoms with Gasteiger partial charge in [0.2, 0.25) is 0 Å². The van der Waals surface area contributed by atoms with Crippen LogP contribution in [0.3, 0.4) is 0 Å². The standard InChI is InChI=1S/C22H17F2N5O2/c1-2-27(19-14-7-6-11-16(19)15-9-4-3-5-10-15)21(30)29-22(31)28(25-26-29)20-17(23)12-8-13-18(20)24/h3-14H,2H2,1H3. The van der Waals surface area contributed by atoms with E-state index in [4.69, 9.17) is 0 Å². The topological polar surface area (TPSA) is 73.0 Å². The van der Waals surface area contributed by atoms with Crippen LogP contribution in [0.5, 0.6) is 0 Å². The molecular formula is C22H17F2N5O2. The van der Waals surface area contributed by atoms with Gasteiger partial charge in [-0.1, -0.05) is 54.6 Å². The molecule has 7 nitrogen and oxygen atoms in total. The number of benzene rings is 3. The molecule has 0 fully saturated rings. The molecule has 156 valence electrons. The summed E-state index contributed by atoms with van der Waals surface area (Å²) >= 11 is 0. The number of aromatic nitrogens is 4. The van der Waals surface area contributed by atoms with Crippen molar-refractivity contribution in [1.82, 2.24) is 19.8 Å². The number of hydrogen-bond donors (Lipinski definition) is 0. The molecule has 0 N–H and O–H groups in total. The van der Waals surface area contributed by atoms with Crippen LogP contribution in [0.2, 0.25) is 0 Å². The van der Waals surface area contributed by atoms with Crippen LogP contribution in [0.4, 0.5) is 19.3 Å². The van der Waals surface area contributed by atoms with Gasteiger partial charge in [0.25, 0.3) is 0 Å². The molecule has 1 aromatic heterocycles. The Bertz CT molecular complexity index is 1280. The summed E-state index contributed by atoms with van der Waals surface area (Å²) in [6, 6.07) is 19.0. The number of rotatable bonds is 4. The second kappa shape index (κ2) is 8.31. The molecule has 0 aliphatic heterocycles. The Morgan fingerprint density at radius 3 is 2.23 bits per heavy atom. The minimum Gasteiger partial charge on any atom is -0.292 e. The summed E-state index contributed by atoms with van der Waals surface area (Å²) in [5.41, 5.74) is 0.441. The maximum absolute atomic E-state index is 14.1. The van der Waals surface area contributed by atoms with Crippen LogP contribution >= 0.6 is 0 Å². The molecule has 0 aliphatic rings. The third-order valence-electron chi connectivity index (χ3n) is 4.74. The van der Waals surface area contributed by atoms with E-state index in [0.717, 1.165) is 29.3 Å². The maximum atomic E-state index is 14.1. The fourth-order valence-electron chi connectivity index (χ4n) is 3.29. The van der Waals surface area contributed by atoms with Crippen molar-refractivity contribution < 1.29 is 13.6 Å². The lowest BCUT2D eigenvalue weighted by atomic mass is 10.0. The van der Waals surface area contributed by atoms with Gasteiger partial charge in [-0.3, -0.25) is 4.90 Å². The van der Waals surface area contributed by atoms with E-state index >= 15 is 0 Å². The van der Waals surface area contributed by atoms with E-state index in [0.29, 0.717) is 15.1 Å². The molecule has 3 aromatic carbocycles. The maximum Gasteiger partial charge on any atom is 0.377 e. The number of nitrogens with zero attached hydrogens (tertiary/aromatic N) is 5. The highest BCUT2D eigenvalue weighted by atomic mass is 19.1. The van der Waals surface area contributed by atoms with E-state index in [2.05, 4.69) is 10.4 Å². The first kappa shape index (κ1) is 20.1. The van der Waals surface area contributed by atoms with Crippen molar-refractivity contribution in [2.24, 2.45) is 0 Å². The van der Waals surface area contributed by atoms with Gasteiger partial charge in [0.05, 0.1) is 5.69 Å². The molecule has 0 unspecified atom stereocenters. The van der Waals surface area contributed by atoms with Crippen LogP contribution < -0.4 is 10.6 Å². The summed E-state index contributed by atoms with van der Waals surface area (Å²) < 4.78 is 29.1. The highest BCUT2D eigenvalue weighted by Gasteiger charge is 2.25. The number of amides is 1. The number of hydrogen-bond acceptors (Lipinski definition) is 4. The predicted octanol–water partition coefficient (Wildman–Crippen LogP) is 3.87. The lowest BCUT2D eigenvalue weighted by Gasteiger charge is -2.22. The van der Waals surface area contributed by atoms with Crippen LogP contribution in [-0.4, -0.2) is 32.4 Å². The van der Waals surface area contributed by atoms with Crippen molar-refractivity contribution in [3.05, 3.63) is 94.9 Å². The normalized spacial score (nSPS) is 10.8. The number of carbonyl (C=O) groups excluding carboxylic acids is 1. The molecule has 0 spiro atoms. The molecular weight excluding hydrogens is 404 g/mol. The third kappa shape index (κ3) is 3.61. The van der Waals surface area contributed by atoms with Crippen molar-refractivity contribution in [1.29, 1.82) is 0 Å². The average molecular weight is 421 g/mol. The molecule has 0 saturated carbocycles. The summed E-state index contributed by atoms with van der Waals surface area (Å²) in [6.07, 6.45) is 0. The van der Waals surface area contributed by atoms with E-state index in [1.54, 1.807) is 19.1 Å². The Kier molecular flexibility index (Phi) is 5.40. The van der Waals surface area contributed by atoms with Gasteiger partial charge in [0.15, 0.2) is 11.6 Å². The van der Waals surface area contributed by atoms with Gasteiger partial charge in [0, 0.05) is 12.1 Å². The summed E-state index contributed by atoms with van der Waals surface area (Å²) in [7, 11) is 0. The summed E-state index contributed by atoms with van der Waals surface area (Å²) in [5, 5.41) is 7.07. The Labute approximate surface area is 175 Å². The first-order chi connectivity index (χ1) is 15.0. The Morgan fingerprint density at radius 1 is 0.903 bits per heavy atom. The molecule has 4 rings (SSSR count). The summed E-state index contributed by atoms with van der Waals surface area (Å²) in [5.74, 6) is -1.99. The van der Waals surface area contributed by atoms with Gasteiger partial charge in [-0.15, -0.1) is 4.68 Å². The number of anilines is 1. The van der Waals surface area contributed by atoms with Crippen molar-refractivity contribution in [2.45, 2.75) is 6.92 Å². The highest BCUT2D eigenvalue weighted by molar-refractivity contribution is 5.97. The molecule has 1 amide bonds. The van der Waals surface area contributed by atoms with E-state index < -0.39 is 29.0 Å². The van der Waals surface area contributed by atoms with Gasteiger partial charge in [-0.25, -0.2) is 18.4 Å². The minimum absolute atomic E-state index is 0.218. The first-order valence-corrected chi connectivity index (χ1v) is 9.48. The van der Waals surface area contributed by atoms with E-state index in [-0.39, 0.29) is 6.54 Å². The van der Waals surface area contributed by atoms with Crippen molar-refractivity contribution >= 4 is 11.7 Å². The zero-order valence-corrected chi connectivity index (χ0v) is 16.4. The van der Waals surface area contributed by atoms with Crippen molar-refractivity contribution in [2.75, 3.05) is 11.4 Å². The monoisotopic (exact) mass is 421 g/mol. The molecule has 0 aliphatic carbocycles. The second-order valence-electron chi connectivity index (χ2n) is 6.57. The molecule has 4 aromatic rings. The van der Waals surface area contributed by atoms with Crippen LogP contribution in [0.25, 0.3) is 16.8 Å². The van der Waals surface area contributed by atoms with E-state index in [9.17, 15) is 18.4 Å². The smallest absolute Gasteiger partial charge is 0.292 e. The molecule has 1 heterocycles. The number of halogens is 2. The van der Waals surface area contributed by atoms with Crippen LogP contribution in [0.1, 0.15) is 6.92 Å². The Hall–Kier alpha value is -4.14. The van der Waals surface area contributed by atoms with E-state index in [1.807, 2.05) is 42.5 Å². The van der Waals surface area contributed by atoms with Crippen LogP contribution in [0, 0.1) is 11.6 Å². The number of tetrazole rings is 1. The molecule has 0 radical (unpaired) electrons. The Morgan fingerprint density at radius 2 is 1.55 bits per heavy atom. The quantitative estimate of drug-likeness (QED) is 0.469. The Balaban J connectivity index is 1.78. The SMILES string of the molecule is CCN(C(=O)n1nnn(-c2c(F)cccc2F)c1=O)c1ccccc1-c1ccccc1. The number of para-hydroxylation sites is 2. The first-order valence-electron chi connectivity index (χ1n) is 9.48. The van der Waals surface area contributed by atoms with Crippen LogP contribution in [-0.2, 0) is 0 Å². The van der Waals surface area contributed by atoms with Gasteiger partial charge < -0.3 is 0 Å². The number of carbonyl (C=O) groups is 1. The van der Waals surface area contributed by atoms with Crippen molar-refractivity contribution in [3.63, 3.8) is 0 Å². The summed E-state index contributed by atoms with van der Waals surface area (Å²) in [4.78, 5) is 27.3. The van der Waals surface area contributed by atoms with E-state index in [1.165, 1.54) is 4.90 Å². The molecule has 31 heavy (non-hydrogen) atoms. The summed E-state index contributed by atoms with van der Waals surface area (Å²) in [6.45, 7) is 1.96. The zero-order valence-electron chi connectivity index (χ0n) is 16.4. The highest BCUT2D eigenvalue weighted by Crippen LogP contribution is 2.30. The minimum atomic E-state index is -1.08. The second-order valence-corrected chi connectivity index (χ2v) is 6.57. The lowest BCUT2D eigenvalue weighted by Crippen LogP contribution is -2.41. The van der Waals surface area contributed by atoms with Gasteiger partial charge in [0.1, 0.15) is 5.69 Å². The predicted molar refractivity (Wildman–Crippen MR) is 111 cm³/mol. The zero-order chi connectivity index (χ0) is 22.0. The van der Waals surface area contributed by atoms with Gasteiger partial charge in [-0.2, -0.15) is 4.68 Å².